The lowest BCUT2D eigenvalue weighted by atomic mass is 10.1. The van der Waals surface area contributed by atoms with Crippen LogP contribution in [0, 0.1) is 20.8 Å². The summed E-state index contributed by atoms with van der Waals surface area (Å²) in [5, 5.41) is 2.72. The normalized spacial score (nSPS) is 10.8. The molecule has 0 bridgehead atoms. The largest absolute Gasteiger partial charge is 0.438 e. The highest BCUT2D eigenvalue weighted by Gasteiger charge is 2.19. The molecule has 0 saturated carbocycles. The van der Waals surface area contributed by atoms with Gasteiger partial charge in [0.2, 0.25) is 0 Å². The van der Waals surface area contributed by atoms with Gasteiger partial charge >= 0.3 is 0 Å². The standard InChI is InChI=1S/C12H15N3O2/c1-5-13-12(16)10-11-9(15-8(4)17-11)6(2)7(3)14-10/h5H2,1-4H3,(H,13,16). The number of nitrogens with zero attached hydrogens (tertiary/aromatic N) is 2. The first-order chi connectivity index (χ1) is 8.04. The van der Waals surface area contributed by atoms with Gasteiger partial charge in [0, 0.05) is 19.2 Å². The van der Waals surface area contributed by atoms with E-state index in [0.29, 0.717) is 23.7 Å². The molecule has 0 fully saturated rings. The Bertz CT molecular complexity index is 587. The summed E-state index contributed by atoms with van der Waals surface area (Å²) in [6.45, 7) is 7.97. The number of hydrogen-bond acceptors (Lipinski definition) is 4. The van der Waals surface area contributed by atoms with Gasteiger partial charge in [0.1, 0.15) is 5.52 Å². The van der Waals surface area contributed by atoms with Gasteiger partial charge in [0.25, 0.3) is 5.91 Å². The lowest BCUT2D eigenvalue weighted by Crippen LogP contribution is -2.24. The Labute approximate surface area is 99.2 Å². The molecule has 17 heavy (non-hydrogen) atoms. The second-order valence-corrected chi connectivity index (χ2v) is 3.94. The van der Waals surface area contributed by atoms with Crippen molar-refractivity contribution in [2.75, 3.05) is 6.54 Å². The van der Waals surface area contributed by atoms with Crippen molar-refractivity contribution in [2.45, 2.75) is 27.7 Å². The molecular formula is C12H15N3O2. The van der Waals surface area contributed by atoms with Crippen molar-refractivity contribution in [3.8, 4) is 0 Å². The van der Waals surface area contributed by atoms with E-state index in [0.717, 1.165) is 16.8 Å². The number of aryl methyl sites for hydroxylation is 3. The molecule has 0 aliphatic rings. The molecule has 0 radical (unpaired) electrons. The van der Waals surface area contributed by atoms with Gasteiger partial charge < -0.3 is 9.73 Å². The number of hydrogen-bond donors (Lipinski definition) is 1. The monoisotopic (exact) mass is 233 g/mol. The smallest absolute Gasteiger partial charge is 0.273 e. The molecule has 90 valence electrons. The molecule has 0 saturated heterocycles. The van der Waals surface area contributed by atoms with Crippen molar-refractivity contribution >= 4 is 17.0 Å². The van der Waals surface area contributed by atoms with E-state index >= 15 is 0 Å². The summed E-state index contributed by atoms with van der Waals surface area (Å²) in [6, 6.07) is 0. The van der Waals surface area contributed by atoms with Crippen LogP contribution in [0.3, 0.4) is 0 Å². The third-order valence-electron chi connectivity index (χ3n) is 2.68. The van der Waals surface area contributed by atoms with Gasteiger partial charge in [-0.25, -0.2) is 9.97 Å². The van der Waals surface area contributed by atoms with E-state index < -0.39 is 0 Å². The minimum atomic E-state index is -0.225. The van der Waals surface area contributed by atoms with Gasteiger partial charge in [-0.05, 0) is 26.3 Å². The number of rotatable bonds is 2. The van der Waals surface area contributed by atoms with E-state index in [-0.39, 0.29) is 5.91 Å². The van der Waals surface area contributed by atoms with Crippen LogP contribution in [-0.2, 0) is 0 Å². The predicted molar refractivity (Wildman–Crippen MR) is 64.0 cm³/mol. The Morgan fingerprint density at radius 1 is 1.29 bits per heavy atom. The summed E-state index contributed by atoms with van der Waals surface area (Å²) in [5.74, 6) is 0.317. The molecule has 0 unspecified atom stereocenters. The van der Waals surface area contributed by atoms with Gasteiger partial charge in [-0.1, -0.05) is 0 Å². The second-order valence-electron chi connectivity index (χ2n) is 3.94. The quantitative estimate of drug-likeness (QED) is 0.860. The molecule has 0 spiro atoms. The molecule has 2 rings (SSSR count). The fraction of sp³-hybridized carbons (Fsp3) is 0.417. The number of aromatic nitrogens is 2. The number of pyridine rings is 1. The average Bonchev–Trinajstić information content (AvgIpc) is 2.66. The van der Waals surface area contributed by atoms with E-state index in [1.54, 1.807) is 6.92 Å². The first-order valence-electron chi connectivity index (χ1n) is 5.57. The predicted octanol–water partition coefficient (Wildman–Crippen LogP) is 1.90. The lowest BCUT2D eigenvalue weighted by Gasteiger charge is -2.05. The molecule has 0 aliphatic heterocycles. The molecule has 2 aromatic rings. The Kier molecular flexibility index (Phi) is 2.83. The zero-order chi connectivity index (χ0) is 12.6. The van der Waals surface area contributed by atoms with Crippen LogP contribution in [0.1, 0.15) is 34.6 Å². The molecule has 2 heterocycles. The third-order valence-corrected chi connectivity index (χ3v) is 2.68. The number of amides is 1. The summed E-state index contributed by atoms with van der Waals surface area (Å²) < 4.78 is 5.47. The molecule has 2 aromatic heterocycles. The summed E-state index contributed by atoms with van der Waals surface area (Å²) in [5.41, 5.74) is 3.25. The van der Waals surface area contributed by atoms with Crippen molar-refractivity contribution in [3.05, 3.63) is 22.8 Å². The molecule has 1 N–H and O–H groups in total. The summed E-state index contributed by atoms with van der Waals surface area (Å²) in [6.07, 6.45) is 0. The number of nitrogens with one attached hydrogen (secondary N) is 1. The van der Waals surface area contributed by atoms with Crippen LogP contribution in [0.5, 0.6) is 0 Å². The Morgan fingerprint density at radius 3 is 2.65 bits per heavy atom. The molecule has 0 aromatic carbocycles. The minimum absolute atomic E-state index is 0.225. The van der Waals surface area contributed by atoms with E-state index in [1.165, 1.54) is 0 Å². The van der Waals surface area contributed by atoms with Crippen molar-refractivity contribution in [3.63, 3.8) is 0 Å². The maximum Gasteiger partial charge on any atom is 0.273 e. The average molecular weight is 233 g/mol. The first-order valence-corrected chi connectivity index (χ1v) is 5.57. The van der Waals surface area contributed by atoms with E-state index in [2.05, 4.69) is 15.3 Å². The Balaban J connectivity index is 2.70. The highest BCUT2D eigenvalue weighted by Crippen LogP contribution is 2.23. The zero-order valence-electron chi connectivity index (χ0n) is 10.4. The molecule has 0 atom stereocenters. The van der Waals surface area contributed by atoms with E-state index in [4.69, 9.17) is 4.42 Å². The van der Waals surface area contributed by atoms with Crippen LogP contribution < -0.4 is 5.32 Å². The highest BCUT2D eigenvalue weighted by atomic mass is 16.3. The number of fused-ring (bicyclic) bond motifs is 1. The van der Waals surface area contributed by atoms with Crippen molar-refractivity contribution in [1.82, 2.24) is 15.3 Å². The van der Waals surface area contributed by atoms with Crippen LogP contribution in [-0.4, -0.2) is 22.4 Å². The van der Waals surface area contributed by atoms with Gasteiger partial charge in [0.15, 0.2) is 17.2 Å². The minimum Gasteiger partial charge on any atom is -0.438 e. The zero-order valence-corrected chi connectivity index (χ0v) is 10.4. The summed E-state index contributed by atoms with van der Waals surface area (Å²) in [7, 11) is 0. The number of oxazole rings is 1. The maximum atomic E-state index is 11.9. The van der Waals surface area contributed by atoms with Gasteiger partial charge in [-0.3, -0.25) is 4.79 Å². The number of carbonyl (C=O) groups excluding carboxylic acids is 1. The fourth-order valence-electron chi connectivity index (χ4n) is 1.71. The molecule has 5 heteroatoms. The Morgan fingerprint density at radius 2 is 2.00 bits per heavy atom. The van der Waals surface area contributed by atoms with E-state index in [1.807, 2.05) is 20.8 Å². The molecule has 1 amide bonds. The van der Waals surface area contributed by atoms with Crippen LogP contribution in [0.4, 0.5) is 0 Å². The Hall–Kier alpha value is -1.91. The maximum absolute atomic E-state index is 11.9. The molecule has 0 aliphatic carbocycles. The first kappa shape index (κ1) is 11.6. The van der Waals surface area contributed by atoms with Gasteiger partial charge in [-0.15, -0.1) is 0 Å². The number of carbonyl (C=O) groups is 1. The van der Waals surface area contributed by atoms with Crippen molar-refractivity contribution < 1.29 is 9.21 Å². The van der Waals surface area contributed by atoms with Gasteiger partial charge in [0.05, 0.1) is 0 Å². The van der Waals surface area contributed by atoms with Crippen LogP contribution in [0.2, 0.25) is 0 Å². The summed E-state index contributed by atoms with van der Waals surface area (Å²) in [4.78, 5) is 20.4. The SMILES string of the molecule is CCNC(=O)c1nc(C)c(C)c2nc(C)oc12. The highest BCUT2D eigenvalue weighted by molar-refractivity contribution is 6.02. The summed E-state index contributed by atoms with van der Waals surface area (Å²) >= 11 is 0. The third kappa shape index (κ3) is 1.88. The van der Waals surface area contributed by atoms with Crippen LogP contribution >= 0.6 is 0 Å². The van der Waals surface area contributed by atoms with E-state index in [9.17, 15) is 4.79 Å². The lowest BCUT2D eigenvalue weighted by molar-refractivity contribution is 0.0951. The van der Waals surface area contributed by atoms with Crippen LogP contribution in [0.15, 0.2) is 4.42 Å². The fourth-order valence-corrected chi connectivity index (χ4v) is 1.71. The van der Waals surface area contributed by atoms with Crippen LogP contribution in [0.25, 0.3) is 11.1 Å². The molecular weight excluding hydrogens is 218 g/mol. The molecule has 5 nitrogen and oxygen atoms in total. The van der Waals surface area contributed by atoms with Crippen molar-refractivity contribution in [2.24, 2.45) is 0 Å². The topological polar surface area (TPSA) is 68.0 Å². The second kappa shape index (κ2) is 4.16. The van der Waals surface area contributed by atoms with Gasteiger partial charge in [-0.2, -0.15) is 0 Å². The van der Waals surface area contributed by atoms with Crippen molar-refractivity contribution in [1.29, 1.82) is 0 Å².